The van der Waals surface area contributed by atoms with Crippen LogP contribution >= 0.6 is 0 Å². The zero-order valence-electron chi connectivity index (χ0n) is 11.4. The van der Waals surface area contributed by atoms with Crippen molar-refractivity contribution in [2.45, 2.75) is 32.1 Å². The lowest BCUT2D eigenvalue weighted by atomic mass is 10.1. The molecule has 0 aromatic carbocycles. The van der Waals surface area contributed by atoms with Crippen molar-refractivity contribution in [3.63, 3.8) is 0 Å². The molecule has 1 aliphatic rings. The molecular weight excluding hydrogens is 266 g/mol. The van der Waals surface area contributed by atoms with E-state index in [2.05, 4.69) is 10.6 Å². The molecule has 0 radical (unpaired) electrons. The van der Waals surface area contributed by atoms with E-state index in [-0.39, 0.29) is 23.5 Å². The van der Waals surface area contributed by atoms with Crippen molar-refractivity contribution in [1.82, 2.24) is 10.6 Å². The van der Waals surface area contributed by atoms with E-state index < -0.39 is 9.84 Å². The minimum Gasteiger partial charge on any atom is -0.338 e. The Morgan fingerprint density at radius 3 is 2.53 bits per heavy atom. The van der Waals surface area contributed by atoms with E-state index in [0.717, 1.165) is 32.2 Å². The Hall–Kier alpha value is -0.820. The van der Waals surface area contributed by atoms with Crippen LogP contribution < -0.4 is 16.4 Å². The maximum Gasteiger partial charge on any atom is 0.314 e. The third kappa shape index (κ3) is 7.37. The third-order valence-corrected chi connectivity index (χ3v) is 5.13. The fraction of sp³-hybridized carbons (Fsp3) is 0.917. The Morgan fingerprint density at radius 1 is 1.16 bits per heavy atom. The molecule has 2 amide bonds. The van der Waals surface area contributed by atoms with Crippen molar-refractivity contribution in [2.24, 2.45) is 11.7 Å². The first-order chi connectivity index (χ1) is 9.03. The molecule has 0 saturated carbocycles. The first-order valence-corrected chi connectivity index (χ1v) is 8.78. The van der Waals surface area contributed by atoms with Crippen LogP contribution in [-0.4, -0.2) is 45.6 Å². The molecule has 6 nitrogen and oxygen atoms in total. The van der Waals surface area contributed by atoms with Gasteiger partial charge >= 0.3 is 6.03 Å². The molecule has 1 fully saturated rings. The molecule has 4 N–H and O–H groups in total. The maximum atomic E-state index is 11.5. The van der Waals surface area contributed by atoms with E-state index in [1.165, 1.54) is 0 Å². The zero-order valence-corrected chi connectivity index (χ0v) is 12.2. The number of amides is 2. The van der Waals surface area contributed by atoms with Gasteiger partial charge in [0.25, 0.3) is 0 Å². The molecule has 0 aromatic heterocycles. The summed E-state index contributed by atoms with van der Waals surface area (Å²) in [5.74, 6) is 0.523. The van der Waals surface area contributed by atoms with Crippen molar-refractivity contribution in [3.05, 3.63) is 0 Å². The van der Waals surface area contributed by atoms with Crippen molar-refractivity contribution >= 4 is 15.9 Å². The average Bonchev–Trinajstić information content (AvgIpc) is 2.71. The number of urea groups is 1. The molecule has 0 bridgehead atoms. The highest BCUT2D eigenvalue weighted by molar-refractivity contribution is 7.91. The van der Waals surface area contributed by atoms with Gasteiger partial charge < -0.3 is 16.4 Å². The van der Waals surface area contributed by atoms with Crippen LogP contribution in [0.15, 0.2) is 0 Å². The molecule has 0 spiro atoms. The number of nitrogens with one attached hydrogen (secondary N) is 2. The average molecular weight is 291 g/mol. The number of unbranched alkanes of at least 4 members (excludes halogenated alkanes) is 3. The van der Waals surface area contributed by atoms with E-state index in [1.807, 2.05) is 0 Å². The second-order valence-electron chi connectivity index (χ2n) is 5.11. The van der Waals surface area contributed by atoms with E-state index in [9.17, 15) is 13.2 Å². The maximum absolute atomic E-state index is 11.5. The van der Waals surface area contributed by atoms with Gasteiger partial charge in [-0.2, -0.15) is 0 Å². The zero-order chi connectivity index (χ0) is 14.1. The lowest BCUT2D eigenvalue weighted by Gasteiger charge is -2.10. The van der Waals surface area contributed by atoms with Crippen LogP contribution in [0.4, 0.5) is 4.79 Å². The number of carbonyl (C=O) groups is 1. The standard InChI is InChI=1S/C12H25N3O3S/c13-6-3-1-2-4-7-14-12(16)15-9-11-5-8-19(17,18)10-11/h11H,1-10,13H2,(H2,14,15,16). The topological polar surface area (TPSA) is 101 Å². The Kier molecular flexibility index (Phi) is 7.15. The van der Waals surface area contributed by atoms with Crippen LogP contribution in [0, 0.1) is 5.92 Å². The first kappa shape index (κ1) is 16.2. The van der Waals surface area contributed by atoms with Gasteiger partial charge in [-0.05, 0) is 31.7 Å². The predicted octanol–water partition coefficient (Wildman–Crippen LogP) is 0.239. The van der Waals surface area contributed by atoms with Gasteiger partial charge in [-0.1, -0.05) is 12.8 Å². The van der Waals surface area contributed by atoms with Gasteiger partial charge in [0.05, 0.1) is 11.5 Å². The summed E-state index contributed by atoms with van der Waals surface area (Å²) in [7, 11) is -2.86. The molecule has 7 heteroatoms. The van der Waals surface area contributed by atoms with Gasteiger partial charge in [-0.15, -0.1) is 0 Å². The second kappa shape index (κ2) is 8.37. The van der Waals surface area contributed by atoms with Gasteiger partial charge in [-0.3, -0.25) is 0 Å². The fourth-order valence-electron chi connectivity index (χ4n) is 2.16. The normalized spacial score (nSPS) is 21.2. The fourth-order valence-corrected chi connectivity index (χ4v) is 4.02. The van der Waals surface area contributed by atoms with Crippen LogP contribution in [0.2, 0.25) is 0 Å². The minimum absolute atomic E-state index is 0.0697. The number of hydrogen-bond donors (Lipinski definition) is 3. The first-order valence-electron chi connectivity index (χ1n) is 6.95. The lowest BCUT2D eigenvalue weighted by Crippen LogP contribution is -2.38. The summed E-state index contributed by atoms with van der Waals surface area (Å²) in [6.45, 7) is 1.82. The largest absolute Gasteiger partial charge is 0.338 e. The summed E-state index contributed by atoms with van der Waals surface area (Å²) in [6.07, 6.45) is 4.80. The molecule has 1 rings (SSSR count). The molecule has 1 aliphatic heterocycles. The minimum atomic E-state index is -2.86. The molecule has 1 heterocycles. The van der Waals surface area contributed by atoms with Gasteiger partial charge in [0.2, 0.25) is 0 Å². The Bertz CT molecular complexity index is 370. The predicted molar refractivity (Wildman–Crippen MR) is 75.7 cm³/mol. The van der Waals surface area contributed by atoms with Gasteiger partial charge in [0, 0.05) is 13.1 Å². The highest BCUT2D eigenvalue weighted by Gasteiger charge is 2.27. The summed E-state index contributed by atoms with van der Waals surface area (Å²) >= 11 is 0. The van der Waals surface area contributed by atoms with Gasteiger partial charge in [-0.25, -0.2) is 13.2 Å². The van der Waals surface area contributed by atoms with Crippen LogP contribution in [-0.2, 0) is 9.84 Å². The number of nitrogens with two attached hydrogens (primary N) is 1. The van der Waals surface area contributed by atoms with Crippen molar-refractivity contribution in [2.75, 3.05) is 31.1 Å². The van der Waals surface area contributed by atoms with E-state index >= 15 is 0 Å². The summed E-state index contributed by atoms with van der Waals surface area (Å²) in [6, 6.07) is -0.205. The molecule has 1 unspecified atom stereocenters. The summed E-state index contributed by atoms with van der Waals surface area (Å²) in [5.41, 5.74) is 5.39. The summed E-state index contributed by atoms with van der Waals surface area (Å²) in [4.78, 5) is 11.5. The Balaban J connectivity index is 1.99. The SMILES string of the molecule is NCCCCCCNC(=O)NCC1CCS(=O)(=O)C1. The number of sulfone groups is 1. The van der Waals surface area contributed by atoms with E-state index in [4.69, 9.17) is 5.73 Å². The summed E-state index contributed by atoms with van der Waals surface area (Å²) < 4.78 is 22.5. The monoisotopic (exact) mass is 291 g/mol. The highest BCUT2D eigenvalue weighted by atomic mass is 32.2. The van der Waals surface area contributed by atoms with Crippen molar-refractivity contribution < 1.29 is 13.2 Å². The van der Waals surface area contributed by atoms with Crippen molar-refractivity contribution in [1.29, 1.82) is 0 Å². The molecule has 1 saturated heterocycles. The molecule has 112 valence electrons. The number of carbonyl (C=O) groups excluding carboxylic acids is 1. The van der Waals surface area contributed by atoms with Crippen molar-refractivity contribution in [3.8, 4) is 0 Å². The quantitative estimate of drug-likeness (QED) is 0.558. The third-order valence-electron chi connectivity index (χ3n) is 3.29. The Labute approximate surface area is 115 Å². The molecule has 1 atom stereocenters. The van der Waals surface area contributed by atoms with Gasteiger partial charge in [0.1, 0.15) is 0 Å². The van der Waals surface area contributed by atoms with Crippen LogP contribution in [0.25, 0.3) is 0 Å². The summed E-state index contributed by atoms with van der Waals surface area (Å²) in [5, 5.41) is 5.50. The second-order valence-corrected chi connectivity index (χ2v) is 7.34. The van der Waals surface area contributed by atoms with Crippen LogP contribution in [0.1, 0.15) is 32.1 Å². The van der Waals surface area contributed by atoms with Crippen LogP contribution in [0.3, 0.4) is 0 Å². The Morgan fingerprint density at radius 2 is 1.89 bits per heavy atom. The number of hydrogen-bond acceptors (Lipinski definition) is 4. The molecular formula is C12H25N3O3S. The van der Waals surface area contributed by atoms with E-state index in [0.29, 0.717) is 19.5 Å². The number of rotatable bonds is 8. The van der Waals surface area contributed by atoms with Gasteiger partial charge in [0.15, 0.2) is 9.84 Å². The van der Waals surface area contributed by atoms with Crippen LogP contribution in [0.5, 0.6) is 0 Å². The molecule has 19 heavy (non-hydrogen) atoms. The molecule has 0 aromatic rings. The molecule has 0 aliphatic carbocycles. The smallest absolute Gasteiger partial charge is 0.314 e. The highest BCUT2D eigenvalue weighted by Crippen LogP contribution is 2.17. The van der Waals surface area contributed by atoms with E-state index in [1.54, 1.807) is 0 Å². The lowest BCUT2D eigenvalue weighted by molar-refractivity contribution is 0.239.